The number of hydrogen-bond acceptors (Lipinski definition) is 2. The normalized spacial score (nSPS) is 16.7. The third-order valence-electron chi connectivity index (χ3n) is 1.42. The summed E-state index contributed by atoms with van der Waals surface area (Å²) >= 11 is 1.40. The first kappa shape index (κ1) is 7.69. The molecule has 0 spiro atoms. The zero-order valence-corrected chi connectivity index (χ0v) is 6.62. The van der Waals surface area contributed by atoms with Gasteiger partial charge >= 0.3 is 0 Å². The van der Waals surface area contributed by atoms with Gasteiger partial charge in [-0.05, 0) is 18.4 Å². The Morgan fingerprint density at radius 1 is 1.80 bits per heavy atom. The van der Waals surface area contributed by atoms with Crippen molar-refractivity contribution in [2.24, 2.45) is 5.73 Å². The van der Waals surface area contributed by atoms with E-state index in [1.807, 2.05) is 11.4 Å². The van der Waals surface area contributed by atoms with Crippen LogP contribution in [0.5, 0.6) is 0 Å². The molecule has 1 aromatic rings. The lowest BCUT2D eigenvalue weighted by Gasteiger charge is -2.14. The third kappa shape index (κ3) is 1.36. The molecule has 1 atom stereocenters. The standard InChI is InChI=1S/C7H10FNS/c1-7(8,5-9)6-3-2-4-10-6/h2-4H,5,9H2,1H3. The molecule has 1 unspecified atom stereocenters. The molecular formula is C7H10FNS. The summed E-state index contributed by atoms with van der Waals surface area (Å²) in [6.45, 7) is 1.55. The molecule has 1 rings (SSSR count). The minimum Gasteiger partial charge on any atom is -0.327 e. The number of rotatable bonds is 2. The molecule has 1 aromatic heterocycles. The lowest BCUT2D eigenvalue weighted by Crippen LogP contribution is -2.25. The van der Waals surface area contributed by atoms with Crippen LogP contribution in [-0.4, -0.2) is 6.54 Å². The highest BCUT2D eigenvalue weighted by Crippen LogP contribution is 2.27. The maximum Gasteiger partial charge on any atom is 0.154 e. The maximum atomic E-state index is 13.3. The zero-order valence-electron chi connectivity index (χ0n) is 5.80. The van der Waals surface area contributed by atoms with E-state index in [9.17, 15) is 4.39 Å². The van der Waals surface area contributed by atoms with Crippen LogP contribution < -0.4 is 5.73 Å². The quantitative estimate of drug-likeness (QED) is 0.700. The van der Waals surface area contributed by atoms with Crippen molar-refractivity contribution in [2.45, 2.75) is 12.6 Å². The van der Waals surface area contributed by atoms with Gasteiger partial charge in [0.1, 0.15) is 0 Å². The second-order valence-electron chi connectivity index (χ2n) is 2.38. The zero-order chi connectivity index (χ0) is 7.61. The van der Waals surface area contributed by atoms with Crippen molar-refractivity contribution in [2.75, 3.05) is 6.54 Å². The molecule has 0 aliphatic rings. The van der Waals surface area contributed by atoms with E-state index in [1.165, 1.54) is 18.3 Å². The number of nitrogens with two attached hydrogens (primary N) is 1. The van der Waals surface area contributed by atoms with Crippen LogP contribution in [0.3, 0.4) is 0 Å². The molecule has 0 aliphatic heterocycles. The molecule has 0 aromatic carbocycles. The Morgan fingerprint density at radius 2 is 2.50 bits per heavy atom. The molecule has 10 heavy (non-hydrogen) atoms. The van der Waals surface area contributed by atoms with Crippen molar-refractivity contribution in [3.8, 4) is 0 Å². The van der Waals surface area contributed by atoms with E-state index < -0.39 is 5.67 Å². The molecule has 3 heteroatoms. The summed E-state index contributed by atoms with van der Waals surface area (Å²) in [6, 6.07) is 3.59. The van der Waals surface area contributed by atoms with Gasteiger partial charge in [0.15, 0.2) is 5.67 Å². The average molecular weight is 159 g/mol. The summed E-state index contributed by atoms with van der Waals surface area (Å²) in [6.07, 6.45) is 0. The third-order valence-corrected chi connectivity index (χ3v) is 2.53. The van der Waals surface area contributed by atoms with Crippen molar-refractivity contribution in [1.29, 1.82) is 0 Å². The van der Waals surface area contributed by atoms with Crippen LogP contribution in [0.25, 0.3) is 0 Å². The molecule has 0 saturated carbocycles. The molecule has 0 amide bonds. The Kier molecular flexibility index (Phi) is 2.06. The Labute approximate surface area is 63.7 Å². The fourth-order valence-corrected chi connectivity index (χ4v) is 1.47. The summed E-state index contributed by atoms with van der Waals surface area (Å²) in [7, 11) is 0. The second kappa shape index (κ2) is 2.68. The highest BCUT2D eigenvalue weighted by molar-refractivity contribution is 7.10. The van der Waals surface area contributed by atoms with Crippen molar-refractivity contribution >= 4 is 11.3 Å². The van der Waals surface area contributed by atoms with E-state index in [1.54, 1.807) is 6.07 Å². The van der Waals surface area contributed by atoms with E-state index in [-0.39, 0.29) is 6.54 Å². The van der Waals surface area contributed by atoms with Crippen LogP contribution in [0.2, 0.25) is 0 Å². The topological polar surface area (TPSA) is 26.0 Å². The first-order valence-electron chi connectivity index (χ1n) is 3.10. The lowest BCUT2D eigenvalue weighted by molar-refractivity contribution is 0.209. The van der Waals surface area contributed by atoms with E-state index in [0.29, 0.717) is 4.88 Å². The van der Waals surface area contributed by atoms with Crippen LogP contribution in [0.4, 0.5) is 4.39 Å². The van der Waals surface area contributed by atoms with Crippen LogP contribution >= 0.6 is 11.3 Å². The Morgan fingerprint density at radius 3 is 2.90 bits per heavy atom. The van der Waals surface area contributed by atoms with Gasteiger partial charge in [-0.2, -0.15) is 0 Å². The monoisotopic (exact) mass is 159 g/mol. The minimum absolute atomic E-state index is 0.0491. The molecule has 2 N–H and O–H groups in total. The van der Waals surface area contributed by atoms with Gasteiger partial charge in [0.2, 0.25) is 0 Å². The smallest absolute Gasteiger partial charge is 0.154 e. The molecule has 0 aliphatic carbocycles. The number of halogens is 1. The summed E-state index contributed by atoms with van der Waals surface area (Å²) in [4.78, 5) is 0.704. The van der Waals surface area contributed by atoms with E-state index >= 15 is 0 Å². The minimum atomic E-state index is -1.34. The molecule has 0 saturated heterocycles. The first-order valence-corrected chi connectivity index (χ1v) is 3.98. The fourth-order valence-electron chi connectivity index (χ4n) is 0.676. The predicted octanol–water partition coefficient (Wildman–Crippen LogP) is 1.89. The molecule has 0 bridgehead atoms. The fraction of sp³-hybridized carbons (Fsp3) is 0.429. The number of hydrogen-bond donors (Lipinski definition) is 1. The van der Waals surface area contributed by atoms with Crippen molar-refractivity contribution in [1.82, 2.24) is 0 Å². The summed E-state index contributed by atoms with van der Waals surface area (Å²) in [5, 5.41) is 1.85. The highest BCUT2D eigenvalue weighted by atomic mass is 32.1. The SMILES string of the molecule is CC(F)(CN)c1cccs1. The van der Waals surface area contributed by atoms with Gasteiger partial charge in [-0.1, -0.05) is 6.07 Å². The maximum absolute atomic E-state index is 13.3. The van der Waals surface area contributed by atoms with Crippen LogP contribution in [0.1, 0.15) is 11.8 Å². The van der Waals surface area contributed by atoms with Crippen LogP contribution in [0.15, 0.2) is 17.5 Å². The highest BCUT2D eigenvalue weighted by Gasteiger charge is 2.24. The Hall–Kier alpha value is -0.410. The lowest BCUT2D eigenvalue weighted by atomic mass is 10.1. The van der Waals surface area contributed by atoms with Gasteiger partial charge in [0.05, 0.1) is 0 Å². The van der Waals surface area contributed by atoms with E-state index in [2.05, 4.69) is 0 Å². The van der Waals surface area contributed by atoms with Crippen LogP contribution in [-0.2, 0) is 5.67 Å². The first-order chi connectivity index (χ1) is 4.67. The van der Waals surface area contributed by atoms with Gasteiger partial charge in [0, 0.05) is 11.4 Å². The summed E-state index contributed by atoms with van der Waals surface area (Å²) in [5.41, 5.74) is 3.89. The summed E-state index contributed by atoms with van der Waals surface area (Å²) < 4.78 is 13.3. The molecule has 0 radical (unpaired) electrons. The summed E-state index contributed by atoms with van der Waals surface area (Å²) in [5.74, 6) is 0. The molecule has 56 valence electrons. The van der Waals surface area contributed by atoms with Crippen LogP contribution in [0, 0.1) is 0 Å². The molecule has 1 nitrogen and oxygen atoms in total. The van der Waals surface area contributed by atoms with Gasteiger partial charge < -0.3 is 5.73 Å². The van der Waals surface area contributed by atoms with E-state index in [0.717, 1.165) is 0 Å². The van der Waals surface area contributed by atoms with Crippen molar-refractivity contribution < 1.29 is 4.39 Å². The number of alkyl halides is 1. The van der Waals surface area contributed by atoms with E-state index in [4.69, 9.17) is 5.73 Å². The number of thiophene rings is 1. The van der Waals surface area contributed by atoms with Gasteiger partial charge in [-0.15, -0.1) is 11.3 Å². The predicted molar refractivity (Wildman–Crippen MR) is 41.8 cm³/mol. The Bertz CT molecular complexity index is 193. The van der Waals surface area contributed by atoms with Gasteiger partial charge in [-0.3, -0.25) is 0 Å². The molecular weight excluding hydrogens is 149 g/mol. The van der Waals surface area contributed by atoms with Gasteiger partial charge in [-0.25, -0.2) is 4.39 Å². The van der Waals surface area contributed by atoms with Crippen molar-refractivity contribution in [3.05, 3.63) is 22.4 Å². The van der Waals surface area contributed by atoms with Gasteiger partial charge in [0.25, 0.3) is 0 Å². The second-order valence-corrected chi connectivity index (χ2v) is 3.33. The van der Waals surface area contributed by atoms with Crippen molar-refractivity contribution in [3.63, 3.8) is 0 Å². The average Bonchev–Trinajstić information content (AvgIpc) is 2.38. The molecule has 1 heterocycles. The largest absolute Gasteiger partial charge is 0.327 e. The molecule has 0 fully saturated rings. The Balaban J connectivity index is 2.85.